The Bertz CT molecular complexity index is 1370. The highest BCUT2D eigenvalue weighted by atomic mass is 30.0. The van der Waals surface area contributed by atoms with Crippen molar-refractivity contribution in [3.8, 4) is 0 Å². The molecule has 2 radical (unpaired) electrons. The fourth-order valence-corrected chi connectivity index (χ4v) is 180. The smallest absolute Gasteiger partial charge is 0.0378 e. The number of hydrogen-bond donors (Lipinski definition) is 0. The van der Waals surface area contributed by atoms with Crippen molar-refractivity contribution in [2.45, 2.75) is 618 Å². The van der Waals surface area contributed by atoms with Gasteiger partial charge in [0.2, 0.25) is 0 Å². The minimum absolute atomic E-state index is 0.588. The van der Waals surface area contributed by atoms with Crippen LogP contribution in [0.1, 0.15) is 545 Å². The van der Waals surface area contributed by atoms with Gasteiger partial charge in [-0.1, -0.05) is 618 Å². The summed E-state index contributed by atoms with van der Waals surface area (Å²) in [6.07, 6.45) is 111. The summed E-state index contributed by atoms with van der Waals surface area (Å²) in [6, 6.07) is 22.6. The highest BCUT2D eigenvalue weighted by Gasteiger charge is 2.72. The van der Waals surface area contributed by atoms with E-state index in [0.717, 1.165) is 0 Å². The molecule has 0 atom stereocenters. The van der Waals surface area contributed by atoms with E-state index in [-0.39, 0.29) is 0 Å². The van der Waals surface area contributed by atoms with Gasteiger partial charge in [-0.2, -0.15) is 0 Å². The first-order valence-electron chi connectivity index (χ1n) is 50.0. The largest absolute Gasteiger partial charge is 0.0654 e. The van der Waals surface area contributed by atoms with Crippen molar-refractivity contribution < 1.29 is 0 Å². The van der Waals surface area contributed by atoms with Crippen LogP contribution in [-0.2, 0) is 0 Å². The Morgan fingerprint density at radius 3 is 0.363 bits per heavy atom. The molecule has 0 fully saturated rings. The van der Waals surface area contributed by atoms with Gasteiger partial charge in [-0.15, -0.1) is 0 Å². The average Bonchev–Trinajstić information content (AvgIpc) is 0.686. The lowest BCUT2D eigenvalue weighted by atomic mass is 10.1. The summed E-state index contributed by atoms with van der Waals surface area (Å²) >= 11 is 0. The Morgan fingerprint density at radius 1 is 0.118 bits per heavy atom. The van der Waals surface area contributed by atoms with E-state index in [1.54, 1.807) is 255 Å². The second kappa shape index (κ2) is 79.0. The van der Waals surface area contributed by atoms with Crippen molar-refractivity contribution in [2.24, 2.45) is 0 Å². The summed E-state index contributed by atoms with van der Waals surface area (Å²) in [7, 11) is -9.33. The predicted molar refractivity (Wildman–Crippen MR) is 493 cm³/mol. The SMILES string of the molecule is CCCCCCCC[Si](CCCCCCCC)[Si](CCCCCCCC)(CCCCCCCC)[Si](CCCCCCCC)(CCCCCCCC)[Si](CCCCCCCC)(CCCCCCCC)[Si](CCCCCCCC)(CCCCCCCC)[Si](CCCCCCCC)CCCCCCCC. The molecule has 0 bridgehead atoms. The molecule has 0 aromatic heterocycles. The Kier molecular flexibility index (Phi) is 80.0. The maximum atomic E-state index is 2.53. The van der Waals surface area contributed by atoms with Gasteiger partial charge in [0.1, 0.15) is 0 Å². The topological polar surface area (TPSA) is 0 Å². The molecule has 0 saturated heterocycles. The molecule has 0 unspecified atom stereocenters. The second-order valence-corrected chi connectivity index (χ2v) is 86.0. The fraction of sp³-hybridized carbons (Fsp3) is 1.00. The van der Waals surface area contributed by atoms with E-state index in [0.29, 0.717) is 0 Å². The quantitative estimate of drug-likeness (QED) is 0.0421. The van der Waals surface area contributed by atoms with Gasteiger partial charge in [-0.3, -0.25) is 0 Å². The van der Waals surface area contributed by atoms with Gasteiger partial charge in [0, 0.05) is 45.1 Å². The van der Waals surface area contributed by atoms with Crippen LogP contribution in [0.25, 0.3) is 0 Å². The predicted octanol–water partition coefficient (Wildman–Crippen LogP) is 37.5. The number of unbranched alkanes of at least 4 members (excludes halogenated alkanes) is 60. The van der Waals surface area contributed by atoms with Crippen LogP contribution >= 0.6 is 0 Å². The molecular formula is C96H204Si6. The van der Waals surface area contributed by atoms with Crippen LogP contribution in [0.15, 0.2) is 0 Å². The van der Waals surface area contributed by atoms with Crippen molar-refractivity contribution in [3.63, 3.8) is 0 Å². The average molecular weight is 1530 g/mol. The molecule has 0 amide bonds. The molecule has 0 N–H and O–H groups in total. The molecule has 0 aliphatic rings. The molecule has 612 valence electrons. The van der Waals surface area contributed by atoms with Gasteiger partial charge < -0.3 is 0 Å². The van der Waals surface area contributed by atoms with Crippen LogP contribution in [0.5, 0.6) is 0 Å². The molecule has 0 nitrogen and oxygen atoms in total. The maximum absolute atomic E-state index is 2.53. The lowest BCUT2D eigenvalue weighted by Crippen LogP contribution is -2.91. The van der Waals surface area contributed by atoms with E-state index in [4.69, 9.17) is 0 Å². The Hall–Kier alpha value is 1.30. The van der Waals surface area contributed by atoms with Crippen LogP contribution in [0.4, 0.5) is 0 Å². The monoisotopic (exact) mass is 1530 g/mol. The summed E-state index contributed by atoms with van der Waals surface area (Å²) in [5.74, 6) is 0. The van der Waals surface area contributed by atoms with E-state index >= 15 is 0 Å². The molecular weight excluding hydrogens is 1320 g/mol. The summed E-state index contributed by atoms with van der Waals surface area (Å²) in [4.78, 5) is 0. The Morgan fingerprint density at radius 2 is 0.225 bits per heavy atom. The molecule has 0 rings (SSSR count). The van der Waals surface area contributed by atoms with Gasteiger partial charge in [0.05, 0.1) is 0 Å². The number of rotatable bonds is 89. The van der Waals surface area contributed by atoms with Crippen LogP contribution in [0.2, 0.25) is 72.5 Å². The van der Waals surface area contributed by atoms with Gasteiger partial charge in [-0.05, 0) is 0 Å². The van der Waals surface area contributed by atoms with Crippen molar-refractivity contribution in [1.29, 1.82) is 0 Å². The van der Waals surface area contributed by atoms with Crippen LogP contribution in [0, 0.1) is 0 Å². The van der Waals surface area contributed by atoms with Crippen LogP contribution in [-0.4, -0.2) is 45.1 Å². The van der Waals surface area contributed by atoms with Crippen molar-refractivity contribution >= 4 is 45.1 Å². The van der Waals surface area contributed by atoms with Crippen molar-refractivity contribution in [1.82, 2.24) is 0 Å². The molecule has 0 aliphatic carbocycles. The molecule has 0 saturated carbocycles. The molecule has 0 aliphatic heterocycles. The highest BCUT2D eigenvalue weighted by Crippen LogP contribution is 2.57. The third kappa shape index (κ3) is 48.9. The van der Waals surface area contributed by atoms with Crippen LogP contribution in [0.3, 0.4) is 0 Å². The van der Waals surface area contributed by atoms with E-state index in [9.17, 15) is 0 Å². The molecule has 0 aromatic carbocycles. The molecule has 102 heavy (non-hydrogen) atoms. The first kappa shape index (κ1) is 103. The highest BCUT2D eigenvalue weighted by molar-refractivity contribution is 7.96. The zero-order valence-corrected chi connectivity index (χ0v) is 80.4. The van der Waals surface area contributed by atoms with Crippen molar-refractivity contribution in [2.75, 3.05) is 0 Å². The van der Waals surface area contributed by atoms with Gasteiger partial charge in [0.15, 0.2) is 0 Å². The minimum Gasteiger partial charge on any atom is -0.0654 e. The summed E-state index contributed by atoms with van der Waals surface area (Å²) in [5.41, 5.74) is 0. The lowest BCUT2D eigenvalue weighted by Gasteiger charge is -2.69. The lowest BCUT2D eigenvalue weighted by molar-refractivity contribution is 0.609. The first-order chi connectivity index (χ1) is 50.3. The zero-order chi connectivity index (χ0) is 74.6. The summed E-state index contributed by atoms with van der Waals surface area (Å²) in [5, 5.41) is 0. The second-order valence-electron chi connectivity index (χ2n) is 35.7. The minimum atomic E-state index is -2.10. The Balaban J connectivity index is 11.1. The van der Waals surface area contributed by atoms with E-state index in [2.05, 4.69) is 83.1 Å². The third-order valence-corrected chi connectivity index (χ3v) is 127. The van der Waals surface area contributed by atoms with E-state index in [1.165, 1.54) is 231 Å². The van der Waals surface area contributed by atoms with Crippen molar-refractivity contribution in [3.05, 3.63) is 0 Å². The molecule has 6 heteroatoms. The fourth-order valence-electron chi connectivity index (χ4n) is 21.0. The standard InChI is InChI=1S/C96H204Si6/c1-13-25-37-49-61-73-85-97(86-74-62-50-38-26-14-2)99(89-77-65-53-41-29-17-5,90-78-66-54-42-30-18-6)101(93-81-69-57-45-33-21-9,94-82-70-58-46-34-22-10)102(95-83-71-59-47-35-23-11,96-84-72-60-48-36-24-12)100(91-79-67-55-43-31-19-7,92-80-68-56-44-32-20-8)98(87-75-63-51-39-27-15-3)88-76-64-52-40-28-16-4/h13-96H2,1-12H3. The van der Waals surface area contributed by atoms with Gasteiger partial charge in [-0.25, -0.2) is 0 Å². The maximum Gasteiger partial charge on any atom is 0.0378 e. The summed E-state index contributed by atoms with van der Waals surface area (Å²) < 4.78 is 0. The van der Waals surface area contributed by atoms with Gasteiger partial charge >= 0.3 is 0 Å². The van der Waals surface area contributed by atoms with Crippen LogP contribution < -0.4 is 0 Å². The Labute approximate surface area is 658 Å². The molecule has 0 heterocycles. The van der Waals surface area contributed by atoms with E-state index < -0.39 is 45.1 Å². The normalized spacial score (nSPS) is 12.6. The first-order valence-corrected chi connectivity index (χ1v) is 68.5. The number of hydrogen-bond acceptors (Lipinski definition) is 0. The van der Waals surface area contributed by atoms with Gasteiger partial charge in [0.25, 0.3) is 0 Å². The zero-order valence-electron chi connectivity index (χ0n) is 74.4. The third-order valence-electron chi connectivity index (χ3n) is 27.1. The molecule has 0 spiro atoms. The molecule has 0 aromatic rings. The summed E-state index contributed by atoms with van der Waals surface area (Å²) in [6.45, 7) is 30.1. The van der Waals surface area contributed by atoms with E-state index in [1.807, 2.05) is 48.4 Å².